The van der Waals surface area contributed by atoms with Crippen molar-refractivity contribution in [3.8, 4) is 17.0 Å². The van der Waals surface area contributed by atoms with Gasteiger partial charge in [-0.25, -0.2) is 13.3 Å². The lowest BCUT2D eigenvalue weighted by molar-refractivity contribution is 0.298. The first kappa shape index (κ1) is 13.2. The molecule has 0 unspecified atom stereocenters. The molecule has 1 fully saturated rings. The maximum Gasteiger partial charge on any atom is 0.137 e. The molecule has 0 aliphatic heterocycles. The van der Waals surface area contributed by atoms with E-state index >= 15 is 0 Å². The van der Waals surface area contributed by atoms with Crippen molar-refractivity contribution in [3.63, 3.8) is 0 Å². The third-order valence-corrected chi connectivity index (χ3v) is 3.83. The molecule has 3 nitrogen and oxygen atoms in total. The molecular formula is C17H14F2N2O. The highest BCUT2D eigenvalue weighted by molar-refractivity contribution is 5.67. The first-order valence-electron chi connectivity index (χ1n) is 7.27. The van der Waals surface area contributed by atoms with E-state index in [0.29, 0.717) is 18.3 Å². The van der Waals surface area contributed by atoms with E-state index in [2.05, 4.69) is 5.10 Å². The summed E-state index contributed by atoms with van der Waals surface area (Å²) in [5, 5.41) is 4.26. The molecule has 1 saturated carbocycles. The van der Waals surface area contributed by atoms with Gasteiger partial charge in [-0.2, -0.15) is 5.10 Å². The van der Waals surface area contributed by atoms with E-state index in [1.807, 2.05) is 12.1 Å². The Labute approximate surface area is 126 Å². The molecule has 112 valence electrons. The number of hydrogen-bond donors (Lipinski definition) is 0. The fourth-order valence-corrected chi connectivity index (χ4v) is 2.42. The first-order chi connectivity index (χ1) is 10.7. The molecule has 0 bridgehead atoms. The van der Waals surface area contributed by atoms with Crippen LogP contribution in [-0.2, 0) is 0 Å². The summed E-state index contributed by atoms with van der Waals surface area (Å²) in [6, 6.07) is 9.14. The van der Waals surface area contributed by atoms with Crippen molar-refractivity contribution in [2.45, 2.75) is 12.8 Å². The van der Waals surface area contributed by atoms with Crippen molar-refractivity contribution >= 4 is 5.52 Å². The number of ether oxygens (including phenoxy) is 1. The minimum absolute atomic E-state index is 0.105. The summed E-state index contributed by atoms with van der Waals surface area (Å²) in [6.45, 7) is 0.710. The van der Waals surface area contributed by atoms with Crippen molar-refractivity contribution in [2.24, 2.45) is 5.92 Å². The summed E-state index contributed by atoms with van der Waals surface area (Å²) in [5.41, 5.74) is 0.929. The monoisotopic (exact) mass is 300 g/mol. The van der Waals surface area contributed by atoms with Crippen LogP contribution in [0.15, 0.2) is 42.6 Å². The molecule has 0 radical (unpaired) electrons. The highest BCUT2D eigenvalue weighted by Gasteiger charge is 2.22. The number of nitrogens with zero attached hydrogens (tertiary/aromatic N) is 2. The van der Waals surface area contributed by atoms with Crippen LogP contribution in [-0.4, -0.2) is 16.2 Å². The number of fused-ring (bicyclic) bond motifs is 1. The summed E-state index contributed by atoms with van der Waals surface area (Å²) in [4.78, 5) is 0. The lowest BCUT2D eigenvalue weighted by Gasteiger charge is -2.04. The Morgan fingerprint density at radius 3 is 2.64 bits per heavy atom. The van der Waals surface area contributed by atoms with E-state index in [1.165, 1.54) is 31.0 Å². The van der Waals surface area contributed by atoms with E-state index in [4.69, 9.17) is 4.74 Å². The Kier molecular flexibility index (Phi) is 3.06. The van der Waals surface area contributed by atoms with E-state index < -0.39 is 11.6 Å². The topological polar surface area (TPSA) is 26.5 Å². The van der Waals surface area contributed by atoms with Gasteiger partial charge < -0.3 is 4.74 Å². The highest BCUT2D eigenvalue weighted by atomic mass is 19.1. The van der Waals surface area contributed by atoms with Crippen molar-refractivity contribution in [1.82, 2.24) is 9.61 Å². The van der Waals surface area contributed by atoms with Crippen LogP contribution >= 0.6 is 0 Å². The Morgan fingerprint density at radius 1 is 1.14 bits per heavy atom. The summed E-state index contributed by atoms with van der Waals surface area (Å²) in [7, 11) is 0. The van der Waals surface area contributed by atoms with Crippen molar-refractivity contribution in [1.29, 1.82) is 0 Å². The Morgan fingerprint density at radius 2 is 1.91 bits per heavy atom. The second-order valence-corrected chi connectivity index (χ2v) is 5.61. The zero-order valence-corrected chi connectivity index (χ0v) is 11.8. The lowest BCUT2D eigenvalue weighted by Crippen LogP contribution is -2.00. The molecule has 0 N–H and O–H groups in total. The summed E-state index contributed by atoms with van der Waals surface area (Å²) >= 11 is 0. The average molecular weight is 300 g/mol. The van der Waals surface area contributed by atoms with Gasteiger partial charge >= 0.3 is 0 Å². The third-order valence-electron chi connectivity index (χ3n) is 3.83. The van der Waals surface area contributed by atoms with Gasteiger partial charge in [0.05, 0.1) is 29.6 Å². The molecule has 1 aliphatic rings. The number of benzene rings is 1. The van der Waals surface area contributed by atoms with Crippen LogP contribution in [0.4, 0.5) is 8.78 Å². The summed E-state index contributed by atoms with van der Waals surface area (Å²) < 4.78 is 35.0. The van der Waals surface area contributed by atoms with E-state index in [-0.39, 0.29) is 11.3 Å². The fourth-order valence-electron chi connectivity index (χ4n) is 2.42. The van der Waals surface area contributed by atoms with E-state index in [0.717, 1.165) is 5.52 Å². The molecular weight excluding hydrogens is 286 g/mol. The zero-order chi connectivity index (χ0) is 15.1. The smallest absolute Gasteiger partial charge is 0.137 e. The van der Waals surface area contributed by atoms with E-state index in [1.54, 1.807) is 16.8 Å². The number of rotatable bonds is 4. The minimum atomic E-state index is -0.617. The second-order valence-electron chi connectivity index (χ2n) is 5.61. The Hall–Kier alpha value is -2.43. The van der Waals surface area contributed by atoms with Gasteiger partial charge in [-0.05, 0) is 49.1 Å². The predicted molar refractivity (Wildman–Crippen MR) is 78.8 cm³/mol. The van der Waals surface area contributed by atoms with Gasteiger partial charge in [-0.3, -0.25) is 0 Å². The van der Waals surface area contributed by atoms with Gasteiger partial charge in [0.15, 0.2) is 0 Å². The van der Waals surface area contributed by atoms with Crippen LogP contribution in [0.25, 0.3) is 16.8 Å². The maximum absolute atomic E-state index is 13.8. The minimum Gasteiger partial charge on any atom is -0.492 e. The van der Waals surface area contributed by atoms with E-state index in [9.17, 15) is 8.78 Å². The largest absolute Gasteiger partial charge is 0.492 e. The Bertz CT molecular complexity index is 820. The van der Waals surface area contributed by atoms with Gasteiger partial charge in [0.1, 0.15) is 17.4 Å². The van der Waals surface area contributed by atoms with Gasteiger partial charge in [0, 0.05) is 0 Å². The highest BCUT2D eigenvalue weighted by Crippen LogP contribution is 2.30. The van der Waals surface area contributed by atoms with Crippen molar-refractivity contribution in [2.75, 3.05) is 6.61 Å². The van der Waals surface area contributed by atoms with Gasteiger partial charge in [-0.15, -0.1) is 0 Å². The zero-order valence-electron chi connectivity index (χ0n) is 11.8. The van der Waals surface area contributed by atoms with Gasteiger partial charge in [-0.1, -0.05) is 6.07 Å². The van der Waals surface area contributed by atoms with Crippen LogP contribution in [0.1, 0.15) is 12.8 Å². The third kappa shape index (κ3) is 2.43. The molecule has 3 aromatic rings. The molecule has 1 aromatic carbocycles. The summed E-state index contributed by atoms with van der Waals surface area (Å²) in [6.07, 6.45) is 4.18. The first-order valence-corrected chi connectivity index (χ1v) is 7.27. The van der Waals surface area contributed by atoms with Crippen molar-refractivity contribution in [3.05, 3.63) is 54.2 Å². The predicted octanol–water partition coefficient (Wildman–Crippen LogP) is 4.07. The van der Waals surface area contributed by atoms with Crippen LogP contribution in [0, 0.1) is 17.6 Å². The van der Waals surface area contributed by atoms with Crippen LogP contribution in [0.5, 0.6) is 5.75 Å². The number of hydrogen-bond acceptors (Lipinski definition) is 2. The van der Waals surface area contributed by atoms with Gasteiger partial charge in [0.25, 0.3) is 0 Å². The molecule has 2 heterocycles. The van der Waals surface area contributed by atoms with Crippen molar-refractivity contribution < 1.29 is 13.5 Å². The average Bonchev–Trinajstić information content (AvgIpc) is 3.23. The standard InChI is InChI=1S/C17H14F2N2O/c18-14-2-1-3-15(19)17(14)16-8-12-6-7-13(9-21(12)20-16)22-10-11-4-5-11/h1-3,6-9,11H,4-5,10H2. The second kappa shape index (κ2) is 5.09. The summed E-state index contributed by atoms with van der Waals surface area (Å²) in [5.74, 6) is 0.140. The quantitative estimate of drug-likeness (QED) is 0.726. The molecule has 1 aliphatic carbocycles. The molecule has 4 rings (SSSR count). The number of pyridine rings is 1. The SMILES string of the molecule is Fc1cccc(F)c1-c1cc2ccc(OCC3CC3)cn2n1. The maximum atomic E-state index is 13.8. The molecule has 0 amide bonds. The molecule has 5 heteroatoms. The molecule has 0 spiro atoms. The van der Waals surface area contributed by atoms with Crippen LogP contribution in [0.3, 0.4) is 0 Å². The number of halogens is 2. The van der Waals surface area contributed by atoms with Gasteiger partial charge in [0.2, 0.25) is 0 Å². The molecule has 0 atom stereocenters. The lowest BCUT2D eigenvalue weighted by atomic mass is 10.1. The molecule has 22 heavy (non-hydrogen) atoms. The molecule has 2 aromatic heterocycles. The molecule has 0 saturated heterocycles. The van der Waals surface area contributed by atoms with Crippen LogP contribution in [0.2, 0.25) is 0 Å². The Balaban J connectivity index is 1.70. The normalized spacial score (nSPS) is 14.5. The number of aromatic nitrogens is 2. The van der Waals surface area contributed by atoms with Crippen LogP contribution < -0.4 is 4.74 Å². The fraction of sp³-hybridized carbons (Fsp3) is 0.235.